The van der Waals surface area contributed by atoms with Gasteiger partial charge in [0.15, 0.2) is 11.6 Å². The van der Waals surface area contributed by atoms with Gasteiger partial charge in [0.05, 0.1) is 10.9 Å². The number of hydrogen-bond donors (Lipinski definition) is 1. The molecule has 23 heavy (non-hydrogen) atoms. The molecule has 1 aromatic heterocycles. The van der Waals surface area contributed by atoms with Crippen LogP contribution in [0.5, 0.6) is 5.75 Å². The molecule has 0 aliphatic carbocycles. The predicted octanol–water partition coefficient (Wildman–Crippen LogP) is 3.04. The molecule has 0 aliphatic rings. The van der Waals surface area contributed by atoms with E-state index in [0.29, 0.717) is 10.4 Å². The normalized spacial score (nSPS) is 10.9. The lowest BCUT2D eigenvalue weighted by Gasteiger charge is -2.03. The summed E-state index contributed by atoms with van der Waals surface area (Å²) in [7, 11) is -3.65. The summed E-state index contributed by atoms with van der Waals surface area (Å²) in [5.41, 5.74) is 0. The van der Waals surface area contributed by atoms with Gasteiger partial charge in [0.2, 0.25) is 0 Å². The van der Waals surface area contributed by atoms with E-state index in [1.54, 1.807) is 0 Å². The molecule has 0 saturated heterocycles. The van der Waals surface area contributed by atoms with Crippen LogP contribution in [0.25, 0.3) is 0 Å². The maximum atomic E-state index is 13.3. The van der Waals surface area contributed by atoms with Crippen LogP contribution < -0.4 is 9.46 Å². The molecule has 0 bridgehead atoms. The Kier molecular flexibility index (Phi) is 5.96. The second-order valence-electron chi connectivity index (χ2n) is 4.10. The van der Waals surface area contributed by atoms with Gasteiger partial charge in [0.1, 0.15) is 16.6 Å². The molecule has 0 fully saturated rings. The van der Waals surface area contributed by atoms with Crippen molar-refractivity contribution in [2.45, 2.75) is 4.21 Å². The van der Waals surface area contributed by atoms with E-state index in [0.717, 1.165) is 23.5 Å². The van der Waals surface area contributed by atoms with Crippen molar-refractivity contribution in [3.63, 3.8) is 0 Å². The Balaban J connectivity index is 1.82. The van der Waals surface area contributed by atoms with Crippen molar-refractivity contribution in [2.24, 2.45) is 0 Å². The number of benzene rings is 1. The van der Waals surface area contributed by atoms with Crippen LogP contribution in [0.2, 0.25) is 4.34 Å². The molecule has 0 atom stereocenters. The van der Waals surface area contributed by atoms with Gasteiger partial charge in [-0.15, -0.1) is 11.3 Å². The monoisotopic (exact) mass is 377 g/mol. The standard InChI is InChI=1S/C14H10ClF2NO3S2/c15-13-5-6-14(22-13)23(19,20)18-7-1-2-8-21-12-4-3-10(16)9-11(12)17/h3-6,9,18H,7-8H2. The first-order valence-electron chi connectivity index (χ1n) is 6.17. The molecule has 0 unspecified atom stereocenters. The zero-order chi connectivity index (χ0) is 16.9. The van der Waals surface area contributed by atoms with Crippen LogP contribution in [0.1, 0.15) is 0 Å². The summed E-state index contributed by atoms with van der Waals surface area (Å²) in [6.45, 7) is -0.289. The largest absolute Gasteiger partial charge is 0.478 e. The lowest BCUT2D eigenvalue weighted by molar-refractivity contribution is 0.346. The molecule has 0 aliphatic heterocycles. The number of halogens is 3. The third kappa shape index (κ3) is 5.18. The second-order valence-corrected chi connectivity index (χ2v) is 7.81. The van der Waals surface area contributed by atoms with Gasteiger partial charge >= 0.3 is 0 Å². The van der Waals surface area contributed by atoms with E-state index < -0.39 is 21.7 Å². The van der Waals surface area contributed by atoms with Gasteiger partial charge in [-0.1, -0.05) is 23.4 Å². The van der Waals surface area contributed by atoms with Crippen molar-refractivity contribution in [1.82, 2.24) is 4.72 Å². The molecule has 1 heterocycles. The molecule has 2 aromatic rings. The van der Waals surface area contributed by atoms with Gasteiger partial charge in [-0.3, -0.25) is 0 Å². The summed E-state index contributed by atoms with van der Waals surface area (Å²) in [6.07, 6.45) is 0. The number of rotatable bonds is 5. The van der Waals surface area contributed by atoms with E-state index in [1.165, 1.54) is 12.1 Å². The van der Waals surface area contributed by atoms with Crippen LogP contribution in [-0.4, -0.2) is 21.6 Å². The second kappa shape index (κ2) is 7.75. The van der Waals surface area contributed by atoms with Crippen LogP contribution in [0.4, 0.5) is 8.78 Å². The third-order valence-corrected chi connectivity index (χ3v) is 5.61. The minimum absolute atomic E-state index is 0.0916. The Morgan fingerprint density at radius 2 is 2.00 bits per heavy atom. The molecule has 1 aromatic carbocycles. The van der Waals surface area contributed by atoms with Crippen molar-refractivity contribution in [1.29, 1.82) is 0 Å². The first kappa shape index (κ1) is 17.7. The van der Waals surface area contributed by atoms with Crippen molar-refractivity contribution in [3.8, 4) is 17.6 Å². The lowest BCUT2D eigenvalue weighted by atomic mass is 10.3. The minimum Gasteiger partial charge on any atom is -0.478 e. The molecule has 2 rings (SSSR count). The minimum atomic E-state index is -3.65. The molecule has 1 N–H and O–H groups in total. The number of sulfonamides is 1. The molecule has 122 valence electrons. The fourth-order valence-electron chi connectivity index (χ4n) is 1.46. The highest BCUT2D eigenvalue weighted by molar-refractivity contribution is 7.91. The van der Waals surface area contributed by atoms with Crippen LogP contribution in [-0.2, 0) is 10.0 Å². The van der Waals surface area contributed by atoms with E-state index in [-0.39, 0.29) is 23.1 Å². The summed E-state index contributed by atoms with van der Waals surface area (Å²) >= 11 is 6.61. The summed E-state index contributed by atoms with van der Waals surface area (Å²) in [6, 6.07) is 5.78. The summed E-state index contributed by atoms with van der Waals surface area (Å²) in [5, 5.41) is 0. The van der Waals surface area contributed by atoms with Crippen molar-refractivity contribution < 1.29 is 21.9 Å². The molecular weight excluding hydrogens is 368 g/mol. The molecule has 9 heteroatoms. The highest BCUT2D eigenvalue weighted by atomic mass is 35.5. The number of thiophene rings is 1. The van der Waals surface area contributed by atoms with Crippen LogP contribution >= 0.6 is 22.9 Å². The van der Waals surface area contributed by atoms with Gasteiger partial charge in [0, 0.05) is 6.07 Å². The average molecular weight is 378 g/mol. The zero-order valence-corrected chi connectivity index (χ0v) is 13.9. The van der Waals surface area contributed by atoms with E-state index in [1.807, 2.05) is 0 Å². The molecule has 0 saturated carbocycles. The summed E-state index contributed by atoms with van der Waals surface area (Å²) in [5.74, 6) is 3.39. The summed E-state index contributed by atoms with van der Waals surface area (Å²) in [4.78, 5) is 0. The quantitative estimate of drug-likeness (QED) is 0.815. The topological polar surface area (TPSA) is 55.4 Å². The van der Waals surface area contributed by atoms with E-state index >= 15 is 0 Å². The lowest BCUT2D eigenvalue weighted by Crippen LogP contribution is -2.23. The molecule has 0 spiro atoms. The molecular formula is C14H10ClF2NO3S2. The zero-order valence-electron chi connectivity index (χ0n) is 11.5. The fraction of sp³-hybridized carbons (Fsp3) is 0.143. The fourth-order valence-corrected chi connectivity index (χ4v) is 3.91. The van der Waals surface area contributed by atoms with E-state index in [2.05, 4.69) is 16.6 Å². The maximum absolute atomic E-state index is 13.3. The van der Waals surface area contributed by atoms with Crippen molar-refractivity contribution in [2.75, 3.05) is 13.2 Å². The van der Waals surface area contributed by atoms with Gasteiger partial charge in [-0.05, 0) is 24.3 Å². The number of hydrogen-bond acceptors (Lipinski definition) is 4. The van der Waals surface area contributed by atoms with Crippen LogP contribution in [0, 0.1) is 23.5 Å². The SMILES string of the molecule is O=S(=O)(NCC#CCOc1ccc(F)cc1F)c1ccc(Cl)s1. The summed E-state index contributed by atoms with van der Waals surface area (Å²) < 4.78 is 57.4. The van der Waals surface area contributed by atoms with Gasteiger partial charge < -0.3 is 4.74 Å². The van der Waals surface area contributed by atoms with Crippen LogP contribution in [0.15, 0.2) is 34.5 Å². The Hall–Kier alpha value is -1.66. The third-order valence-electron chi connectivity index (χ3n) is 2.48. The van der Waals surface area contributed by atoms with Crippen molar-refractivity contribution >= 4 is 33.0 Å². The highest BCUT2D eigenvalue weighted by Crippen LogP contribution is 2.25. The van der Waals surface area contributed by atoms with Gasteiger partial charge in [0.25, 0.3) is 10.0 Å². The maximum Gasteiger partial charge on any atom is 0.250 e. The highest BCUT2D eigenvalue weighted by Gasteiger charge is 2.15. The van der Waals surface area contributed by atoms with Crippen molar-refractivity contribution in [3.05, 3.63) is 46.3 Å². The Morgan fingerprint density at radius 3 is 2.65 bits per heavy atom. The smallest absolute Gasteiger partial charge is 0.250 e. The molecule has 0 radical (unpaired) electrons. The van der Waals surface area contributed by atoms with Crippen LogP contribution in [0.3, 0.4) is 0 Å². The first-order chi connectivity index (χ1) is 10.9. The predicted molar refractivity (Wildman–Crippen MR) is 84.1 cm³/mol. The van der Waals surface area contributed by atoms with Gasteiger partial charge in [-0.2, -0.15) is 4.72 Å². The van der Waals surface area contributed by atoms with E-state index in [4.69, 9.17) is 16.3 Å². The van der Waals surface area contributed by atoms with Gasteiger partial charge in [-0.25, -0.2) is 17.2 Å². The molecule has 0 amide bonds. The molecule has 4 nitrogen and oxygen atoms in total. The Bertz CT molecular complexity index is 856. The number of nitrogens with one attached hydrogen (secondary N) is 1. The van der Waals surface area contributed by atoms with E-state index in [9.17, 15) is 17.2 Å². The average Bonchev–Trinajstić information content (AvgIpc) is 2.92. The first-order valence-corrected chi connectivity index (χ1v) is 8.85. The number of ether oxygens (including phenoxy) is 1. The Morgan fingerprint density at radius 1 is 1.22 bits per heavy atom. The Labute approximate surface area is 141 Å².